The molecule has 3 nitrogen and oxygen atoms in total. The van der Waals surface area contributed by atoms with Crippen molar-refractivity contribution in [2.24, 2.45) is 11.8 Å². The van der Waals surface area contributed by atoms with Crippen LogP contribution in [0.1, 0.15) is 102 Å². The first kappa shape index (κ1) is 27.2. The van der Waals surface area contributed by atoms with Crippen molar-refractivity contribution in [3.05, 3.63) is 48.6 Å². The molecule has 0 spiro atoms. The van der Waals surface area contributed by atoms with Crippen molar-refractivity contribution < 1.29 is 14.3 Å². The van der Waals surface area contributed by atoms with Crippen LogP contribution < -0.4 is 4.74 Å². The van der Waals surface area contributed by atoms with Gasteiger partial charge in [-0.2, -0.15) is 0 Å². The number of esters is 1. The standard InChI is InChI=1S/C30H46O3/c1-3-5-6-7-8-9-10-11-12-24-32-30(31)23-20-27-18-21-29(22-19-27)33-25-28-16-14-26(13-4-2)15-17-28/h4,18-23,26,28H,2-3,5-17,24-25H2,1H3/b23-20+. The Balaban J connectivity index is 1.53. The molecule has 1 aliphatic rings. The zero-order valence-electron chi connectivity index (χ0n) is 20.9. The largest absolute Gasteiger partial charge is 0.493 e. The van der Waals surface area contributed by atoms with Gasteiger partial charge in [0.15, 0.2) is 0 Å². The minimum atomic E-state index is -0.262. The van der Waals surface area contributed by atoms with Gasteiger partial charge in [0.2, 0.25) is 0 Å². The smallest absolute Gasteiger partial charge is 0.330 e. The summed E-state index contributed by atoms with van der Waals surface area (Å²) in [7, 11) is 0. The van der Waals surface area contributed by atoms with Crippen molar-refractivity contribution in [3.63, 3.8) is 0 Å². The fourth-order valence-corrected chi connectivity index (χ4v) is 4.56. The molecule has 0 unspecified atom stereocenters. The lowest BCUT2D eigenvalue weighted by Gasteiger charge is -2.27. The Morgan fingerprint density at radius 2 is 1.52 bits per heavy atom. The first-order chi connectivity index (χ1) is 16.2. The van der Waals surface area contributed by atoms with Crippen molar-refractivity contribution in [3.8, 4) is 5.75 Å². The molecule has 0 saturated heterocycles. The van der Waals surface area contributed by atoms with Gasteiger partial charge in [0.05, 0.1) is 13.2 Å². The van der Waals surface area contributed by atoms with Crippen LogP contribution in [0.2, 0.25) is 0 Å². The number of hydrogen-bond donors (Lipinski definition) is 0. The van der Waals surface area contributed by atoms with Gasteiger partial charge >= 0.3 is 5.97 Å². The van der Waals surface area contributed by atoms with E-state index in [2.05, 4.69) is 19.6 Å². The Labute approximate surface area is 202 Å². The second kappa shape index (κ2) is 17.4. The van der Waals surface area contributed by atoms with Crippen LogP contribution in [0.25, 0.3) is 6.08 Å². The molecular weight excluding hydrogens is 408 g/mol. The molecule has 0 aromatic heterocycles. The fourth-order valence-electron chi connectivity index (χ4n) is 4.56. The number of ether oxygens (including phenoxy) is 2. The van der Waals surface area contributed by atoms with Gasteiger partial charge < -0.3 is 9.47 Å². The summed E-state index contributed by atoms with van der Waals surface area (Å²) in [6.45, 7) is 7.42. The molecule has 33 heavy (non-hydrogen) atoms. The molecule has 184 valence electrons. The van der Waals surface area contributed by atoms with E-state index in [0.29, 0.717) is 12.5 Å². The third-order valence-corrected chi connectivity index (χ3v) is 6.74. The quantitative estimate of drug-likeness (QED) is 0.102. The average molecular weight is 455 g/mol. The highest BCUT2D eigenvalue weighted by Crippen LogP contribution is 2.31. The SMILES string of the molecule is C=CCC1CCC(COc2ccc(/C=C/C(=O)OCCCCCCCCCCC)cc2)CC1. The zero-order valence-corrected chi connectivity index (χ0v) is 20.9. The summed E-state index contributed by atoms with van der Waals surface area (Å²) in [5, 5.41) is 0. The maximum atomic E-state index is 11.9. The van der Waals surface area contributed by atoms with Gasteiger partial charge in [-0.05, 0) is 74.1 Å². The minimum Gasteiger partial charge on any atom is -0.493 e. The number of carbonyl (C=O) groups is 1. The third kappa shape index (κ3) is 12.7. The Kier molecular flexibility index (Phi) is 14.4. The van der Waals surface area contributed by atoms with Crippen LogP contribution in [0.3, 0.4) is 0 Å². The molecule has 1 fully saturated rings. The van der Waals surface area contributed by atoms with Crippen molar-refractivity contribution in [2.75, 3.05) is 13.2 Å². The van der Waals surface area contributed by atoms with E-state index in [0.717, 1.165) is 43.1 Å². The van der Waals surface area contributed by atoms with Crippen molar-refractivity contribution in [1.29, 1.82) is 0 Å². The summed E-state index contributed by atoms with van der Waals surface area (Å²) in [6.07, 6.45) is 23.0. The summed E-state index contributed by atoms with van der Waals surface area (Å²) in [4.78, 5) is 11.9. The summed E-state index contributed by atoms with van der Waals surface area (Å²) in [6, 6.07) is 7.94. The van der Waals surface area contributed by atoms with E-state index in [-0.39, 0.29) is 5.97 Å². The van der Waals surface area contributed by atoms with E-state index in [1.807, 2.05) is 30.3 Å². The van der Waals surface area contributed by atoms with Gasteiger partial charge in [0, 0.05) is 6.08 Å². The van der Waals surface area contributed by atoms with Gasteiger partial charge in [-0.1, -0.05) is 76.5 Å². The highest BCUT2D eigenvalue weighted by Gasteiger charge is 2.20. The topological polar surface area (TPSA) is 35.5 Å². The van der Waals surface area contributed by atoms with Gasteiger partial charge in [0.1, 0.15) is 5.75 Å². The van der Waals surface area contributed by atoms with Gasteiger partial charge in [-0.3, -0.25) is 0 Å². The van der Waals surface area contributed by atoms with Crippen LogP contribution in [-0.2, 0) is 9.53 Å². The molecule has 0 amide bonds. The Morgan fingerprint density at radius 3 is 2.15 bits per heavy atom. The van der Waals surface area contributed by atoms with E-state index in [1.54, 1.807) is 0 Å². The van der Waals surface area contributed by atoms with Crippen LogP contribution >= 0.6 is 0 Å². The second-order valence-electron chi connectivity index (χ2n) is 9.62. The maximum absolute atomic E-state index is 11.9. The molecule has 0 bridgehead atoms. The molecule has 0 heterocycles. The molecule has 1 aliphatic carbocycles. The summed E-state index contributed by atoms with van der Waals surface area (Å²) >= 11 is 0. The Morgan fingerprint density at radius 1 is 0.909 bits per heavy atom. The second-order valence-corrected chi connectivity index (χ2v) is 9.62. The monoisotopic (exact) mass is 454 g/mol. The zero-order chi connectivity index (χ0) is 23.6. The Hall–Kier alpha value is -2.03. The van der Waals surface area contributed by atoms with Gasteiger partial charge in [-0.25, -0.2) is 4.79 Å². The fraction of sp³-hybridized carbons (Fsp3) is 0.633. The van der Waals surface area contributed by atoms with E-state index in [1.165, 1.54) is 76.7 Å². The Bertz CT molecular complexity index is 668. The molecule has 1 aromatic rings. The average Bonchev–Trinajstić information content (AvgIpc) is 2.84. The lowest BCUT2D eigenvalue weighted by atomic mass is 9.81. The van der Waals surface area contributed by atoms with Crippen LogP contribution in [0, 0.1) is 11.8 Å². The van der Waals surface area contributed by atoms with Gasteiger partial charge in [0.25, 0.3) is 0 Å². The molecule has 1 aromatic carbocycles. The number of carbonyl (C=O) groups excluding carboxylic acids is 1. The summed E-state index contributed by atoms with van der Waals surface area (Å²) in [5.41, 5.74) is 0.979. The predicted molar refractivity (Wildman–Crippen MR) is 139 cm³/mol. The third-order valence-electron chi connectivity index (χ3n) is 6.74. The molecule has 0 radical (unpaired) electrons. The summed E-state index contributed by atoms with van der Waals surface area (Å²) in [5.74, 6) is 2.11. The number of benzene rings is 1. The first-order valence-corrected chi connectivity index (χ1v) is 13.4. The van der Waals surface area contributed by atoms with Gasteiger partial charge in [-0.15, -0.1) is 6.58 Å². The van der Waals surface area contributed by atoms with E-state index in [4.69, 9.17) is 9.47 Å². The normalized spacial score (nSPS) is 18.3. The number of rotatable bonds is 17. The lowest BCUT2D eigenvalue weighted by Crippen LogP contribution is -2.19. The molecular formula is C30H46O3. The van der Waals surface area contributed by atoms with E-state index in [9.17, 15) is 4.79 Å². The van der Waals surface area contributed by atoms with Crippen LogP contribution in [0.15, 0.2) is 43.0 Å². The first-order valence-electron chi connectivity index (χ1n) is 13.4. The molecule has 0 N–H and O–H groups in total. The molecule has 2 rings (SSSR count). The van der Waals surface area contributed by atoms with Crippen molar-refractivity contribution in [2.45, 2.75) is 96.8 Å². The molecule has 3 heteroatoms. The van der Waals surface area contributed by atoms with E-state index < -0.39 is 0 Å². The van der Waals surface area contributed by atoms with Crippen LogP contribution in [0.4, 0.5) is 0 Å². The van der Waals surface area contributed by atoms with Crippen LogP contribution in [-0.4, -0.2) is 19.2 Å². The lowest BCUT2D eigenvalue weighted by molar-refractivity contribution is -0.137. The highest BCUT2D eigenvalue weighted by atomic mass is 16.5. The summed E-state index contributed by atoms with van der Waals surface area (Å²) < 4.78 is 11.3. The van der Waals surface area contributed by atoms with Crippen LogP contribution in [0.5, 0.6) is 5.75 Å². The molecule has 0 aliphatic heterocycles. The minimum absolute atomic E-state index is 0.262. The maximum Gasteiger partial charge on any atom is 0.330 e. The highest BCUT2D eigenvalue weighted by molar-refractivity contribution is 5.87. The number of unbranched alkanes of at least 4 members (excludes halogenated alkanes) is 8. The molecule has 0 atom stereocenters. The number of allylic oxidation sites excluding steroid dienone is 1. The van der Waals surface area contributed by atoms with E-state index >= 15 is 0 Å². The van der Waals surface area contributed by atoms with Crippen molar-refractivity contribution in [1.82, 2.24) is 0 Å². The van der Waals surface area contributed by atoms with Crippen molar-refractivity contribution >= 4 is 12.0 Å². The predicted octanol–water partition coefficient (Wildman–Crippen LogP) is 8.54. The number of hydrogen-bond acceptors (Lipinski definition) is 3. The molecule has 1 saturated carbocycles.